The summed E-state index contributed by atoms with van der Waals surface area (Å²) in [6.07, 6.45) is -11.6. The van der Waals surface area contributed by atoms with Crippen molar-refractivity contribution in [3.05, 3.63) is 4.13 Å². The number of nitrogens with two attached hydrogens (primary N) is 1. The van der Waals surface area contributed by atoms with Crippen molar-refractivity contribution in [1.29, 1.82) is 0 Å². The zero-order valence-corrected chi connectivity index (χ0v) is 16.4. The molecule has 0 unspecified atom stereocenters. The molecule has 0 bridgehead atoms. The first kappa shape index (κ1) is 31.7. The highest BCUT2D eigenvalue weighted by Crippen LogP contribution is 2.47. The molecule has 0 saturated carbocycles. The Kier molecular flexibility index (Phi) is 10.7. The van der Waals surface area contributed by atoms with Gasteiger partial charge < -0.3 is 20.7 Å². The van der Waals surface area contributed by atoms with Gasteiger partial charge in [-0.2, -0.15) is 43.9 Å². The standard InChI is InChI=1S/C6H14N2O2.C4F10NO4S2/c7-4-2-1-3-5(8)6(9)10;5-1(6,7)3(11,12)20(16,17)15-21(18,19)4(13,14)2(8,9)10/h5H,1-4,7-8H2,(H,9,10);/q;-1/p+1/t5-;/m0./s1. The van der Waals surface area contributed by atoms with Crippen LogP contribution in [0, 0.1) is 0 Å². The van der Waals surface area contributed by atoms with Crippen LogP contribution in [0.4, 0.5) is 43.9 Å². The molecular formula is C10H15F10N3O6S2. The van der Waals surface area contributed by atoms with E-state index in [4.69, 9.17) is 10.8 Å². The molecule has 0 saturated heterocycles. The molecule has 0 amide bonds. The fourth-order valence-corrected chi connectivity index (χ4v) is 3.54. The van der Waals surface area contributed by atoms with E-state index >= 15 is 0 Å². The molecule has 0 aromatic carbocycles. The van der Waals surface area contributed by atoms with Crippen LogP contribution in [0.2, 0.25) is 0 Å². The number of halogens is 10. The molecule has 0 aromatic heterocycles. The van der Waals surface area contributed by atoms with Crippen LogP contribution in [0.15, 0.2) is 0 Å². The molecule has 0 heterocycles. The second-order valence-electron chi connectivity index (χ2n) is 5.37. The number of sulfonamides is 2. The van der Waals surface area contributed by atoms with E-state index in [-0.39, 0.29) is 0 Å². The molecule has 0 radical (unpaired) electrons. The Balaban J connectivity index is 0. The number of hydrogen-bond acceptors (Lipinski definition) is 6. The third-order valence-electron chi connectivity index (χ3n) is 2.86. The van der Waals surface area contributed by atoms with E-state index in [9.17, 15) is 65.5 Å². The van der Waals surface area contributed by atoms with E-state index in [1.165, 1.54) is 0 Å². The summed E-state index contributed by atoms with van der Waals surface area (Å²) in [5.41, 5.74) is 8.69. The van der Waals surface area contributed by atoms with Crippen molar-refractivity contribution in [2.24, 2.45) is 5.73 Å². The molecule has 9 nitrogen and oxygen atoms in total. The summed E-state index contributed by atoms with van der Waals surface area (Å²) < 4.78 is 161. The predicted molar refractivity (Wildman–Crippen MR) is 80.4 cm³/mol. The van der Waals surface area contributed by atoms with Crippen molar-refractivity contribution >= 4 is 26.0 Å². The van der Waals surface area contributed by atoms with Crippen molar-refractivity contribution in [1.82, 2.24) is 0 Å². The highest BCUT2D eigenvalue weighted by Gasteiger charge is 2.68. The van der Waals surface area contributed by atoms with E-state index in [0.29, 0.717) is 17.1 Å². The average Bonchev–Trinajstić information content (AvgIpc) is 2.52. The van der Waals surface area contributed by atoms with Gasteiger partial charge in [0.15, 0.2) is 26.1 Å². The lowest BCUT2D eigenvalue weighted by Crippen LogP contribution is -2.64. The first-order chi connectivity index (χ1) is 13.4. The van der Waals surface area contributed by atoms with Crippen LogP contribution >= 0.6 is 0 Å². The maximum absolute atomic E-state index is 12.3. The molecule has 0 fully saturated rings. The minimum absolute atomic E-state index is 0.422. The van der Waals surface area contributed by atoms with Crippen molar-refractivity contribution in [2.75, 3.05) is 6.54 Å². The van der Waals surface area contributed by atoms with E-state index in [1.54, 1.807) is 0 Å². The van der Waals surface area contributed by atoms with E-state index in [1.807, 2.05) is 0 Å². The van der Waals surface area contributed by atoms with Crippen molar-refractivity contribution in [2.45, 2.75) is 48.2 Å². The van der Waals surface area contributed by atoms with Gasteiger partial charge in [-0.25, -0.2) is 21.6 Å². The largest absolute Gasteiger partial charge is 0.477 e. The summed E-state index contributed by atoms with van der Waals surface area (Å²) in [7, 11) is -15.2. The van der Waals surface area contributed by atoms with E-state index < -0.39 is 54.9 Å². The molecule has 31 heavy (non-hydrogen) atoms. The fraction of sp³-hybridized carbons (Fsp3) is 0.900. The molecule has 0 aliphatic carbocycles. The van der Waals surface area contributed by atoms with Gasteiger partial charge in [-0.15, -0.1) is 0 Å². The van der Waals surface area contributed by atoms with Crippen LogP contribution in [0.25, 0.3) is 4.13 Å². The summed E-state index contributed by atoms with van der Waals surface area (Å²) in [6, 6.07) is -0.466. The van der Waals surface area contributed by atoms with E-state index in [0.717, 1.165) is 12.8 Å². The minimum Gasteiger partial charge on any atom is -0.477 e. The Morgan fingerprint density at radius 1 is 0.839 bits per heavy atom. The number of nitrogens with zero attached hydrogens (tertiary/aromatic N) is 1. The SMILES string of the molecule is NCCCC[C@H]([NH3+])C(=O)O.O=S(=O)([N-]S(=O)(=O)C(F)(F)C(F)(F)F)C(F)(F)C(F)(F)F. The smallest absolute Gasteiger partial charge is 0.467 e. The first-order valence-electron chi connectivity index (χ1n) is 7.27. The number of rotatable bonds is 9. The van der Waals surface area contributed by atoms with Crippen LogP contribution in [0.5, 0.6) is 0 Å². The van der Waals surface area contributed by atoms with Gasteiger partial charge in [0, 0.05) is 6.42 Å². The highest BCUT2D eigenvalue weighted by atomic mass is 32.3. The summed E-state index contributed by atoms with van der Waals surface area (Å²) in [6.45, 7) is 0.631. The Labute approximate surface area is 167 Å². The first-order valence-corrected chi connectivity index (χ1v) is 10.2. The molecule has 0 spiro atoms. The van der Waals surface area contributed by atoms with Crippen LogP contribution in [0.1, 0.15) is 19.3 Å². The normalized spacial score (nSPS) is 15.1. The lowest BCUT2D eigenvalue weighted by Gasteiger charge is -2.31. The van der Waals surface area contributed by atoms with Crippen LogP contribution in [-0.4, -0.2) is 63.4 Å². The number of unbranched alkanes of at least 4 members (excludes halogenated alkanes) is 1. The third kappa shape index (κ3) is 8.20. The molecule has 0 aromatic rings. The second-order valence-corrected chi connectivity index (χ2v) is 8.90. The maximum Gasteiger partial charge on any atom is 0.467 e. The Bertz CT molecular complexity index is 756. The molecule has 188 valence electrons. The average molecular weight is 527 g/mol. The molecule has 6 N–H and O–H groups in total. The van der Waals surface area contributed by atoms with Gasteiger partial charge in [0.05, 0.1) is 0 Å². The Morgan fingerprint density at radius 2 is 1.16 bits per heavy atom. The topological polar surface area (TPSA) is 173 Å². The van der Waals surface area contributed by atoms with Gasteiger partial charge in [-0.05, 0) is 19.4 Å². The van der Waals surface area contributed by atoms with Crippen LogP contribution in [0.3, 0.4) is 0 Å². The maximum atomic E-state index is 12.3. The summed E-state index contributed by atoms with van der Waals surface area (Å²) in [4.78, 5) is 10.2. The number of quaternary nitrogens is 1. The highest BCUT2D eigenvalue weighted by molar-refractivity contribution is 8.13. The predicted octanol–water partition coefficient (Wildman–Crippen LogP) is 1.14. The van der Waals surface area contributed by atoms with Crippen molar-refractivity contribution < 1.29 is 76.4 Å². The number of alkyl halides is 10. The molecule has 1 atom stereocenters. The zero-order valence-electron chi connectivity index (χ0n) is 14.7. The van der Waals surface area contributed by atoms with Gasteiger partial charge >= 0.3 is 28.8 Å². The summed E-state index contributed by atoms with van der Waals surface area (Å²) in [5.74, 6) is -0.822. The van der Waals surface area contributed by atoms with Crippen molar-refractivity contribution in [3.8, 4) is 0 Å². The summed E-state index contributed by atoms with van der Waals surface area (Å²) in [5, 5.41) is -5.60. The lowest BCUT2D eigenvalue weighted by atomic mass is 10.1. The van der Waals surface area contributed by atoms with Gasteiger partial charge in [0.25, 0.3) is 0 Å². The lowest BCUT2D eigenvalue weighted by molar-refractivity contribution is -0.409. The molecule has 0 aliphatic rings. The quantitative estimate of drug-likeness (QED) is 0.298. The van der Waals surface area contributed by atoms with Crippen LogP contribution in [-0.2, 0) is 24.8 Å². The number of carboxylic acid groups (broad SMARTS) is 1. The minimum atomic E-state index is -7.62. The molecule has 0 aliphatic heterocycles. The molecule has 0 rings (SSSR count). The number of carboxylic acids is 1. The second kappa shape index (κ2) is 10.4. The molecule has 21 heteroatoms. The number of hydrogen-bond donors (Lipinski definition) is 3. The molecular weight excluding hydrogens is 512 g/mol. The zero-order chi connectivity index (χ0) is 25.7. The van der Waals surface area contributed by atoms with Crippen LogP contribution < -0.4 is 11.5 Å². The number of aliphatic carboxylic acids is 1. The van der Waals surface area contributed by atoms with Gasteiger partial charge in [-0.3, -0.25) is 0 Å². The Hall–Kier alpha value is -1.45. The number of carbonyl (C=O) groups is 1. The third-order valence-corrected chi connectivity index (χ3v) is 6.19. The Morgan fingerprint density at radius 3 is 1.39 bits per heavy atom. The van der Waals surface area contributed by atoms with Crippen molar-refractivity contribution in [3.63, 3.8) is 0 Å². The fourth-order valence-electron chi connectivity index (χ4n) is 1.17. The van der Waals surface area contributed by atoms with Gasteiger partial charge in [0.2, 0.25) is 0 Å². The van der Waals surface area contributed by atoms with E-state index in [2.05, 4.69) is 5.73 Å². The monoisotopic (exact) mass is 527 g/mol. The summed E-state index contributed by atoms with van der Waals surface area (Å²) >= 11 is 0. The van der Waals surface area contributed by atoms with Gasteiger partial charge in [-0.1, -0.05) is 0 Å². The van der Waals surface area contributed by atoms with Gasteiger partial charge in [0.1, 0.15) is 0 Å².